The molecular weight excluding hydrogens is 282 g/mol. The summed E-state index contributed by atoms with van der Waals surface area (Å²) in [6.07, 6.45) is 0. The molecule has 9 heteroatoms. The molecule has 0 rings (SSSR count). The van der Waals surface area contributed by atoms with Crippen molar-refractivity contribution in [1.82, 2.24) is 0 Å². The predicted molar refractivity (Wildman–Crippen MR) is 59.3 cm³/mol. The first-order chi connectivity index (χ1) is 7.49. The molecule has 96 valence electrons. The van der Waals surface area contributed by atoms with Gasteiger partial charge in [-0.3, -0.25) is 9.05 Å². The quantitative estimate of drug-likeness (QED) is 0.390. The lowest BCUT2D eigenvalue weighted by molar-refractivity contribution is 0.0424. The second-order valence-corrected chi connectivity index (χ2v) is 5.05. The van der Waals surface area contributed by atoms with Crippen LogP contribution in [0.25, 0.3) is 0 Å². The maximum atomic E-state index is 11.6. The summed E-state index contributed by atoms with van der Waals surface area (Å²) >= 11 is 10.9. The molecule has 0 saturated carbocycles. The van der Waals surface area contributed by atoms with Crippen LogP contribution in [-0.4, -0.2) is 34.5 Å². The Kier molecular flexibility index (Phi) is 8.18. The zero-order chi connectivity index (χ0) is 12.6. The topological polar surface area (TPSA) is 63.2 Å². The van der Waals surface area contributed by atoms with E-state index in [-0.39, 0.29) is 23.7 Å². The average molecular weight is 295 g/mol. The van der Waals surface area contributed by atoms with Crippen LogP contribution in [0.1, 0.15) is 0 Å². The van der Waals surface area contributed by atoms with E-state index in [4.69, 9.17) is 37.2 Å². The minimum absolute atomic E-state index is 0.127. The fourth-order valence-corrected chi connectivity index (χ4v) is 1.52. The molecule has 0 aliphatic heterocycles. The van der Waals surface area contributed by atoms with Crippen LogP contribution >= 0.6 is 31.0 Å². The third kappa shape index (κ3) is 5.94. The van der Waals surface area contributed by atoms with Gasteiger partial charge in [0.1, 0.15) is 6.61 Å². The molecule has 0 radical (unpaired) electrons. The normalized spacial score (nSPS) is 11.1. The molecule has 0 heterocycles. The third-order valence-corrected chi connectivity index (χ3v) is 2.91. The van der Waals surface area contributed by atoms with Gasteiger partial charge in [0.25, 0.3) is 0 Å². The van der Waals surface area contributed by atoms with Gasteiger partial charge in [-0.1, -0.05) is 23.2 Å². The minimum Gasteiger partial charge on any atom is -0.461 e. The number of hydrogen-bond donors (Lipinski definition) is 0. The molecule has 0 spiro atoms. The van der Waals surface area contributed by atoms with Crippen molar-refractivity contribution in [1.29, 1.82) is 0 Å². The zero-order valence-electron chi connectivity index (χ0n) is 9.07. The lowest BCUT2D eigenvalue weighted by Gasteiger charge is -2.16. The Labute approximate surface area is 104 Å². The van der Waals surface area contributed by atoms with Crippen LogP contribution in [0.15, 0.2) is 10.4 Å². The lowest BCUT2D eigenvalue weighted by atomic mass is 10.8. The van der Waals surface area contributed by atoms with Gasteiger partial charge in [0, 0.05) is 21.3 Å². The predicted octanol–water partition coefficient (Wildman–Crippen LogP) is 2.67. The Balaban J connectivity index is 4.47. The fraction of sp³-hybridized carbons (Fsp3) is 0.714. The standard InChI is InChI=1S/C7H13Cl2O6P/c1-11-4-5-14-7(6(8)9)15-16(10,12-2)13-3/h4-5H2,1-3H3. The van der Waals surface area contributed by atoms with Crippen LogP contribution in [0.3, 0.4) is 0 Å². The van der Waals surface area contributed by atoms with Gasteiger partial charge >= 0.3 is 13.8 Å². The van der Waals surface area contributed by atoms with Crippen molar-refractivity contribution in [3.8, 4) is 0 Å². The van der Waals surface area contributed by atoms with E-state index in [1.165, 1.54) is 7.11 Å². The zero-order valence-corrected chi connectivity index (χ0v) is 11.5. The highest BCUT2D eigenvalue weighted by Crippen LogP contribution is 2.50. The van der Waals surface area contributed by atoms with Crippen molar-refractivity contribution < 1.29 is 27.6 Å². The Hall–Kier alpha value is 0.0300. The number of hydrogen-bond acceptors (Lipinski definition) is 6. The summed E-state index contributed by atoms with van der Waals surface area (Å²) in [7, 11) is 0.0627. The molecule has 0 saturated heterocycles. The van der Waals surface area contributed by atoms with Crippen molar-refractivity contribution in [2.24, 2.45) is 0 Å². The first-order valence-corrected chi connectivity index (χ1v) is 6.29. The van der Waals surface area contributed by atoms with Gasteiger partial charge < -0.3 is 14.0 Å². The summed E-state index contributed by atoms with van der Waals surface area (Å²) in [4.78, 5) is 0. The van der Waals surface area contributed by atoms with E-state index in [0.717, 1.165) is 14.2 Å². The molecule has 0 aromatic carbocycles. The molecule has 0 aliphatic carbocycles. The van der Waals surface area contributed by atoms with Gasteiger partial charge in [-0.05, 0) is 0 Å². The van der Waals surface area contributed by atoms with Crippen LogP contribution in [0, 0.1) is 0 Å². The molecule has 16 heavy (non-hydrogen) atoms. The summed E-state index contributed by atoms with van der Waals surface area (Å²) in [6, 6.07) is 0. The van der Waals surface area contributed by atoms with E-state index < -0.39 is 7.82 Å². The molecule has 0 amide bonds. The van der Waals surface area contributed by atoms with E-state index in [1.54, 1.807) is 0 Å². The molecule has 6 nitrogen and oxygen atoms in total. The maximum Gasteiger partial charge on any atom is 0.531 e. The van der Waals surface area contributed by atoms with Crippen LogP contribution in [-0.2, 0) is 27.6 Å². The largest absolute Gasteiger partial charge is 0.531 e. The lowest BCUT2D eigenvalue weighted by Crippen LogP contribution is -2.05. The highest BCUT2D eigenvalue weighted by Gasteiger charge is 2.28. The number of phosphoric acid groups is 1. The van der Waals surface area contributed by atoms with Crippen molar-refractivity contribution >= 4 is 31.0 Å². The summed E-state index contributed by atoms with van der Waals surface area (Å²) in [5.41, 5.74) is 0. The van der Waals surface area contributed by atoms with Gasteiger partial charge in [0.05, 0.1) is 6.61 Å². The second kappa shape index (κ2) is 8.17. The number of rotatable bonds is 8. The molecule has 0 aromatic rings. The number of methoxy groups -OCH3 is 1. The van der Waals surface area contributed by atoms with Crippen molar-refractivity contribution in [2.75, 3.05) is 34.5 Å². The van der Waals surface area contributed by atoms with Crippen LogP contribution in [0.4, 0.5) is 0 Å². The molecule has 0 aliphatic rings. The van der Waals surface area contributed by atoms with E-state index in [2.05, 4.69) is 9.05 Å². The SMILES string of the molecule is COCCOC(OP(=O)(OC)OC)=C(Cl)Cl. The van der Waals surface area contributed by atoms with Crippen LogP contribution < -0.4 is 0 Å². The fourth-order valence-electron chi connectivity index (χ4n) is 0.584. The van der Waals surface area contributed by atoms with Crippen molar-refractivity contribution in [3.05, 3.63) is 10.4 Å². The summed E-state index contributed by atoms with van der Waals surface area (Å²) in [5, 5.41) is 0. The van der Waals surface area contributed by atoms with Gasteiger partial charge in [-0.2, -0.15) is 0 Å². The van der Waals surface area contributed by atoms with Crippen LogP contribution in [0.5, 0.6) is 0 Å². The molecule has 0 atom stereocenters. The Morgan fingerprint density at radius 2 is 1.69 bits per heavy atom. The molecule has 0 unspecified atom stereocenters. The van der Waals surface area contributed by atoms with E-state index in [9.17, 15) is 4.57 Å². The Bertz CT molecular complexity index is 270. The smallest absolute Gasteiger partial charge is 0.461 e. The van der Waals surface area contributed by atoms with E-state index in [1.807, 2.05) is 0 Å². The van der Waals surface area contributed by atoms with Gasteiger partial charge in [0.2, 0.25) is 0 Å². The monoisotopic (exact) mass is 294 g/mol. The molecule has 0 bridgehead atoms. The highest BCUT2D eigenvalue weighted by atomic mass is 35.5. The number of halogens is 2. The Morgan fingerprint density at radius 3 is 2.06 bits per heavy atom. The minimum atomic E-state index is -3.73. The maximum absolute atomic E-state index is 11.6. The van der Waals surface area contributed by atoms with E-state index in [0.29, 0.717) is 0 Å². The molecule has 0 aromatic heterocycles. The number of phosphoric ester groups is 1. The molecule has 0 fully saturated rings. The third-order valence-electron chi connectivity index (χ3n) is 1.32. The van der Waals surface area contributed by atoms with Crippen molar-refractivity contribution in [2.45, 2.75) is 0 Å². The number of ether oxygens (including phenoxy) is 2. The average Bonchev–Trinajstić information content (AvgIpc) is 2.27. The van der Waals surface area contributed by atoms with Gasteiger partial charge in [-0.15, -0.1) is 0 Å². The van der Waals surface area contributed by atoms with Crippen molar-refractivity contribution in [3.63, 3.8) is 0 Å². The Morgan fingerprint density at radius 1 is 1.12 bits per heavy atom. The first-order valence-electron chi connectivity index (χ1n) is 4.07. The van der Waals surface area contributed by atoms with Gasteiger partial charge in [0.15, 0.2) is 4.49 Å². The van der Waals surface area contributed by atoms with Gasteiger partial charge in [-0.25, -0.2) is 4.57 Å². The summed E-state index contributed by atoms with van der Waals surface area (Å²) in [5.74, 6) is -0.340. The first kappa shape index (κ1) is 16.0. The van der Waals surface area contributed by atoms with Crippen LogP contribution in [0.2, 0.25) is 0 Å². The van der Waals surface area contributed by atoms with E-state index >= 15 is 0 Å². The molecule has 0 N–H and O–H groups in total. The second-order valence-electron chi connectivity index (χ2n) is 2.29. The summed E-state index contributed by atoms with van der Waals surface area (Å²) < 4.78 is 34.8. The molecular formula is C7H13Cl2O6P. The highest BCUT2D eigenvalue weighted by molar-refractivity contribution is 7.48. The summed E-state index contributed by atoms with van der Waals surface area (Å²) in [6.45, 7) is 0.417.